The predicted octanol–water partition coefficient (Wildman–Crippen LogP) is 2.21. The number of carboxylic acids is 1. The molecular weight excluding hydrogens is 344 g/mol. The van der Waals surface area contributed by atoms with Gasteiger partial charge in [-0.3, -0.25) is 4.79 Å². The lowest BCUT2D eigenvalue weighted by molar-refractivity contribution is -0.138. The highest BCUT2D eigenvalue weighted by Gasteiger charge is 2.27. The van der Waals surface area contributed by atoms with Crippen LogP contribution >= 0.6 is 0 Å². The molecule has 8 heteroatoms. The van der Waals surface area contributed by atoms with Crippen molar-refractivity contribution in [2.45, 2.75) is 10.8 Å². The highest BCUT2D eigenvalue weighted by atomic mass is 32.2. The van der Waals surface area contributed by atoms with Gasteiger partial charge in [-0.25, -0.2) is 13.6 Å². The zero-order valence-corrected chi connectivity index (χ0v) is 13.7. The number of carbonyl (C=O) groups is 1. The third-order valence-electron chi connectivity index (χ3n) is 3.67. The number of carboxylic acid groups (broad SMARTS) is 1. The van der Waals surface area contributed by atoms with Gasteiger partial charge in [0.15, 0.2) is 5.76 Å². The first-order valence-electron chi connectivity index (χ1n) is 7.24. The molecule has 7 nitrogen and oxygen atoms in total. The molecule has 0 fully saturated rings. The molecule has 0 radical (unpaired) electrons. The Hall–Kier alpha value is -2.97. The Morgan fingerprint density at radius 1 is 1.08 bits per heavy atom. The third kappa shape index (κ3) is 3.59. The molecular formula is C17H14N2O5S. The smallest absolute Gasteiger partial charge is 0.318 e. The van der Waals surface area contributed by atoms with Crippen LogP contribution in [0, 0.1) is 0 Å². The van der Waals surface area contributed by atoms with Gasteiger partial charge in [-0.2, -0.15) is 0 Å². The van der Waals surface area contributed by atoms with Gasteiger partial charge in [-0.15, -0.1) is 0 Å². The summed E-state index contributed by atoms with van der Waals surface area (Å²) in [5.41, 5.74) is 1.67. The van der Waals surface area contributed by atoms with Crippen LogP contribution in [0.3, 0.4) is 0 Å². The maximum atomic E-state index is 11.7. The van der Waals surface area contributed by atoms with Crippen molar-refractivity contribution in [3.8, 4) is 11.3 Å². The molecule has 1 unspecified atom stereocenters. The first kappa shape index (κ1) is 16.9. The Morgan fingerprint density at radius 2 is 1.72 bits per heavy atom. The molecule has 1 aromatic heterocycles. The fourth-order valence-corrected chi connectivity index (χ4v) is 2.96. The number of hydrogen-bond donors (Lipinski definition) is 2. The van der Waals surface area contributed by atoms with Crippen molar-refractivity contribution in [1.82, 2.24) is 5.16 Å². The van der Waals surface area contributed by atoms with E-state index >= 15 is 0 Å². The zero-order chi connectivity index (χ0) is 18.0. The number of primary sulfonamides is 1. The molecule has 2 aromatic carbocycles. The van der Waals surface area contributed by atoms with Crippen molar-refractivity contribution < 1.29 is 22.8 Å². The second-order valence-electron chi connectivity index (χ2n) is 5.37. The van der Waals surface area contributed by atoms with Crippen molar-refractivity contribution in [2.24, 2.45) is 5.14 Å². The first-order chi connectivity index (χ1) is 11.9. The zero-order valence-electron chi connectivity index (χ0n) is 12.9. The van der Waals surface area contributed by atoms with E-state index in [9.17, 15) is 18.3 Å². The average molecular weight is 358 g/mol. The van der Waals surface area contributed by atoms with Gasteiger partial charge in [0.2, 0.25) is 10.0 Å². The lowest BCUT2D eigenvalue weighted by Crippen LogP contribution is -2.14. The molecule has 0 spiro atoms. The molecule has 0 saturated carbocycles. The van der Waals surface area contributed by atoms with Crippen molar-refractivity contribution >= 4 is 16.0 Å². The number of benzene rings is 2. The summed E-state index contributed by atoms with van der Waals surface area (Å²) in [5, 5.41) is 18.5. The van der Waals surface area contributed by atoms with Crippen LogP contribution in [0.4, 0.5) is 0 Å². The van der Waals surface area contributed by atoms with E-state index in [4.69, 9.17) is 9.66 Å². The number of nitrogens with two attached hydrogens (primary N) is 1. The van der Waals surface area contributed by atoms with E-state index in [-0.39, 0.29) is 10.7 Å². The van der Waals surface area contributed by atoms with Gasteiger partial charge >= 0.3 is 5.97 Å². The summed E-state index contributed by atoms with van der Waals surface area (Å²) in [6.45, 7) is 0. The van der Waals surface area contributed by atoms with Gasteiger partial charge in [0.05, 0.1) is 4.90 Å². The Labute approximate surface area is 143 Å². The molecule has 3 N–H and O–H groups in total. The summed E-state index contributed by atoms with van der Waals surface area (Å²) in [6.07, 6.45) is 0. The number of aromatic nitrogens is 1. The van der Waals surface area contributed by atoms with E-state index in [1.807, 2.05) is 30.3 Å². The minimum Gasteiger partial charge on any atom is -0.480 e. The molecule has 1 atom stereocenters. The molecule has 0 aliphatic heterocycles. The molecule has 3 aromatic rings. The molecule has 1 heterocycles. The lowest BCUT2D eigenvalue weighted by atomic mass is 9.96. The second kappa shape index (κ2) is 6.50. The minimum absolute atomic E-state index is 0.0945. The van der Waals surface area contributed by atoms with E-state index < -0.39 is 21.9 Å². The quantitative estimate of drug-likeness (QED) is 0.720. The fraction of sp³-hybridized carbons (Fsp3) is 0.0588. The number of hydrogen-bond acceptors (Lipinski definition) is 5. The van der Waals surface area contributed by atoms with Crippen molar-refractivity contribution in [3.63, 3.8) is 0 Å². The van der Waals surface area contributed by atoms with Gasteiger partial charge < -0.3 is 9.63 Å². The molecule has 3 rings (SSSR count). The first-order valence-corrected chi connectivity index (χ1v) is 8.78. The molecule has 0 aliphatic rings. The van der Waals surface area contributed by atoms with Crippen LogP contribution in [0.15, 0.2) is 70.1 Å². The standard InChI is InChI=1S/C17H14N2O5S/c18-25(22,23)13-8-6-12(7-9-13)16(17(20)21)15-10-14(19-24-15)11-4-2-1-3-5-11/h1-10,16H,(H,20,21)(H2,18,22,23). The largest absolute Gasteiger partial charge is 0.480 e. The minimum atomic E-state index is -3.85. The topological polar surface area (TPSA) is 123 Å². The Kier molecular flexibility index (Phi) is 4.39. The van der Waals surface area contributed by atoms with Crippen LogP contribution in [0.2, 0.25) is 0 Å². The normalized spacial score (nSPS) is 12.7. The highest BCUT2D eigenvalue weighted by molar-refractivity contribution is 7.89. The maximum Gasteiger partial charge on any atom is 0.318 e. The summed E-state index contributed by atoms with van der Waals surface area (Å²) in [7, 11) is -3.85. The highest BCUT2D eigenvalue weighted by Crippen LogP contribution is 2.29. The van der Waals surface area contributed by atoms with E-state index in [0.29, 0.717) is 11.3 Å². The van der Waals surface area contributed by atoms with E-state index in [1.54, 1.807) is 6.07 Å². The fourth-order valence-electron chi connectivity index (χ4n) is 2.45. The molecule has 128 valence electrons. The van der Waals surface area contributed by atoms with Gasteiger partial charge in [-0.1, -0.05) is 47.6 Å². The molecule has 0 aliphatic carbocycles. The summed E-state index contributed by atoms with van der Waals surface area (Å²) < 4.78 is 27.8. The maximum absolute atomic E-state index is 11.7. The van der Waals surface area contributed by atoms with E-state index in [2.05, 4.69) is 5.16 Å². The van der Waals surface area contributed by atoms with Gasteiger partial charge in [-0.05, 0) is 17.7 Å². The predicted molar refractivity (Wildman–Crippen MR) is 89.2 cm³/mol. The third-order valence-corrected chi connectivity index (χ3v) is 4.60. The van der Waals surface area contributed by atoms with E-state index in [0.717, 1.165) is 5.56 Å². The summed E-state index contributed by atoms with van der Waals surface area (Å²) in [6, 6.07) is 16.1. The molecule has 0 amide bonds. The number of aliphatic carboxylic acids is 1. The van der Waals surface area contributed by atoms with Crippen LogP contribution < -0.4 is 5.14 Å². The Balaban J connectivity index is 1.97. The van der Waals surface area contributed by atoms with Crippen LogP contribution in [-0.4, -0.2) is 24.7 Å². The van der Waals surface area contributed by atoms with Crippen molar-refractivity contribution in [1.29, 1.82) is 0 Å². The molecule has 0 bridgehead atoms. The van der Waals surface area contributed by atoms with Crippen LogP contribution in [0.1, 0.15) is 17.2 Å². The van der Waals surface area contributed by atoms with E-state index in [1.165, 1.54) is 24.3 Å². The van der Waals surface area contributed by atoms with Crippen LogP contribution in [-0.2, 0) is 14.8 Å². The van der Waals surface area contributed by atoms with Gasteiger partial charge in [0.25, 0.3) is 0 Å². The summed E-state index contributed by atoms with van der Waals surface area (Å²) >= 11 is 0. The average Bonchev–Trinajstić information content (AvgIpc) is 3.05. The monoisotopic (exact) mass is 358 g/mol. The Bertz CT molecular complexity index is 995. The number of rotatable bonds is 5. The second-order valence-corrected chi connectivity index (χ2v) is 6.93. The lowest BCUT2D eigenvalue weighted by Gasteiger charge is -2.09. The van der Waals surface area contributed by atoms with Crippen molar-refractivity contribution in [3.05, 3.63) is 72.0 Å². The van der Waals surface area contributed by atoms with Crippen LogP contribution in [0.25, 0.3) is 11.3 Å². The summed E-state index contributed by atoms with van der Waals surface area (Å²) in [5.74, 6) is -2.10. The van der Waals surface area contributed by atoms with Gasteiger partial charge in [0, 0.05) is 11.6 Å². The molecule has 0 saturated heterocycles. The summed E-state index contributed by atoms with van der Waals surface area (Å²) in [4.78, 5) is 11.6. The Morgan fingerprint density at radius 3 is 2.28 bits per heavy atom. The van der Waals surface area contributed by atoms with Crippen molar-refractivity contribution in [2.75, 3.05) is 0 Å². The number of sulfonamides is 1. The number of nitrogens with zero attached hydrogens (tertiary/aromatic N) is 1. The van der Waals surface area contributed by atoms with Crippen LogP contribution in [0.5, 0.6) is 0 Å². The SMILES string of the molecule is NS(=O)(=O)c1ccc(C(C(=O)O)c2cc(-c3ccccc3)no2)cc1. The van der Waals surface area contributed by atoms with Gasteiger partial charge in [0.1, 0.15) is 11.6 Å². The molecule has 25 heavy (non-hydrogen) atoms.